The van der Waals surface area contributed by atoms with Crippen LogP contribution in [0, 0.1) is 12.1 Å². The minimum atomic E-state index is 0. The van der Waals surface area contributed by atoms with Crippen molar-refractivity contribution in [3.63, 3.8) is 0 Å². The van der Waals surface area contributed by atoms with Crippen molar-refractivity contribution < 1.29 is 30.2 Å². The van der Waals surface area contributed by atoms with Gasteiger partial charge in [-0.2, -0.15) is 0 Å². The summed E-state index contributed by atoms with van der Waals surface area (Å²) in [4.78, 5) is 10.7. The summed E-state index contributed by atoms with van der Waals surface area (Å²) < 4.78 is 17.4. The van der Waals surface area contributed by atoms with Crippen molar-refractivity contribution >= 4 is 60.4 Å². The van der Waals surface area contributed by atoms with E-state index in [-0.39, 0.29) is 32.9 Å². The number of aromatic nitrogens is 4. The second-order valence-electron chi connectivity index (χ2n) is 21.6. The fourth-order valence-electron chi connectivity index (χ4n) is 11.5. The van der Waals surface area contributed by atoms with Gasteiger partial charge in [-0.25, -0.2) is 0 Å². The van der Waals surface area contributed by atoms with E-state index in [2.05, 4.69) is 228 Å². The van der Waals surface area contributed by atoms with Gasteiger partial charge in [-0.1, -0.05) is 181 Å². The van der Waals surface area contributed by atoms with Crippen molar-refractivity contribution in [2.24, 2.45) is 0 Å². The van der Waals surface area contributed by atoms with E-state index in [9.17, 15) is 0 Å². The van der Waals surface area contributed by atoms with Crippen LogP contribution in [-0.4, -0.2) is 18.9 Å². The van der Waals surface area contributed by atoms with Gasteiger partial charge in [0.25, 0.3) is 0 Å². The molecule has 13 aromatic rings. The molecule has 380 valence electrons. The number of hydrogen-bond donors (Lipinski definition) is 0. The molecular weight excluding hydrogens is 1120 g/mol. The standard InChI is InChI=1S/C70H58N4O2.Pt/c1-41(2)56-33-50(45-18-11-9-12-19-45)34-57(42(3)4)67(56)48-26-28-55-54-29-27-53(39-60(54)70-72-62-40-66-47(30-31-75-66)37-65(62)73(70)64(55)38-48)76-52-23-17-22-49(32-52)69-71-61-24-15-16-25-63(61)74(69)68-58(43(5)6)35-51(36-59(68)44(7)8)46-20-13-10-14-21-46;/h9-31,33-38,40-44H,1-8H3;/q-2;+2. The first kappa shape index (κ1) is 49.8. The van der Waals surface area contributed by atoms with Crippen LogP contribution in [0.25, 0.3) is 111 Å². The normalized spacial score (nSPS) is 12.0. The molecule has 0 saturated heterocycles. The van der Waals surface area contributed by atoms with Crippen LogP contribution in [0.4, 0.5) is 0 Å². The van der Waals surface area contributed by atoms with Crippen LogP contribution in [-0.2, 0) is 21.1 Å². The van der Waals surface area contributed by atoms with Crippen LogP contribution in [0.3, 0.4) is 0 Å². The van der Waals surface area contributed by atoms with Crippen LogP contribution in [0.15, 0.2) is 187 Å². The van der Waals surface area contributed by atoms with Gasteiger partial charge in [-0.3, -0.25) is 9.97 Å². The molecule has 4 aromatic heterocycles. The summed E-state index contributed by atoms with van der Waals surface area (Å²) in [6, 6.07) is 70.3. The molecule has 0 aliphatic carbocycles. The van der Waals surface area contributed by atoms with Crippen molar-refractivity contribution in [3.05, 3.63) is 217 Å². The van der Waals surface area contributed by atoms with Gasteiger partial charge in [-0.05, 0) is 127 Å². The summed E-state index contributed by atoms with van der Waals surface area (Å²) in [6.45, 7) is 18.4. The quantitative estimate of drug-likeness (QED) is 0.0956. The number of fused-ring (bicyclic) bond motifs is 10. The molecule has 0 unspecified atom stereocenters. The van der Waals surface area contributed by atoms with E-state index in [4.69, 9.17) is 19.1 Å². The van der Waals surface area contributed by atoms with Crippen molar-refractivity contribution in [3.8, 4) is 62.0 Å². The summed E-state index contributed by atoms with van der Waals surface area (Å²) >= 11 is 0. The molecule has 0 fully saturated rings. The number of nitrogens with zero attached hydrogens (tertiary/aromatic N) is 4. The molecule has 0 bridgehead atoms. The zero-order valence-corrected chi connectivity index (χ0v) is 46.8. The second kappa shape index (κ2) is 19.8. The molecule has 6 nitrogen and oxygen atoms in total. The number of pyridine rings is 1. The Morgan fingerprint density at radius 1 is 0.468 bits per heavy atom. The summed E-state index contributed by atoms with van der Waals surface area (Å²) in [5, 5.41) is 4.03. The Bertz CT molecular complexity index is 4330. The van der Waals surface area contributed by atoms with E-state index in [1.807, 2.05) is 24.3 Å². The monoisotopic (exact) mass is 1180 g/mol. The van der Waals surface area contributed by atoms with Gasteiger partial charge in [0.15, 0.2) is 0 Å². The van der Waals surface area contributed by atoms with Gasteiger partial charge >= 0.3 is 21.1 Å². The molecule has 0 spiro atoms. The van der Waals surface area contributed by atoms with Crippen LogP contribution in [0.5, 0.6) is 11.5 Å². The summed E-state index contributed by atoms with van der Waals surface area (Å²) in [5.41, 5.74) is 21.1. The van der Waals surface area contributed by atoms with Crippen molar-refractivity contribution in [1.29, 1.82) is 0 Å². The summed E-state index contributed by atoms with van der Waals surface area (Å²) in [5.74, 6) is 3.01. The first-order valence-electron chi connectivity index (χ1n) is 26.7. The first-order chi connectivity index (χ1) is 37.0. The van der Waals surface area contributed by atoms with Crippen molar-refractivity contribution in [2.75, 3.05) is 0 Å². The molecule has 0 saturated carbocycles. The molecule has 13 rings (SSSR count). The fourth-order valence-corrected chi connectivity index (χ4v) is 11.5. The van der Waals surface area contributed by atoms with Crippen molar-refractivity contribution in [2.45, 2.75) is 79.1 Å². The minimum absolute atomic E-state index is 0. The predicted molar refractivity (Wildman–Crippen MR) is 314 cm³/mol. The van der Waals surface area contributed by atoms with Crippen LogP contribution in [0.2, 0.25) is 0 Å². The number of ether oxygens (including phenoxy) is 1. The maximum Gasteiger partial charge on any atom is 2.00 e. The van der Waals surface area contributed by atoms with E-state index in [1.54, 1.807) is 6.26 Å². The average Bonchev–Trinajstić information content (AvgIpc) is 4.19. The first-order valence-corrected chi connectivity index (χ1v) is 26.7. The van der Waals surface area contributed by atoms with Gasteiger partial charge in [0, 0.05) is 34.2 Å². The number of para-hydroxylation sites is 2. The van der Waals surface area contributed by atoms with Crippen molar-refractivity contribution in [1.82, 2.24) is 18.9 Å². The van der Waals surface area contributed by atoms with Gasteiger partial charge in [0.05, 0.1) is 39.8 Å². The topological polar surface area (TPSA) is 57.5 Å². The Morgan fingerprint density at radius 3 is 1.74 bits per heavy atom. The zero-order valence-electron chi connectivity index (χ0n) is 44.6. The Labute approximate surface area is 464 Å². The molecule has 0 aliphatic rings. The SMILES string of the molecule is CC(C)c1cc(-c2ccccc2)cc(C(C)C)c1-c1ccc2c3ccc(Oc4[c-]c(-c5nc6ccccc6n5-c5c(C(C)C)cc(-c6ccccc6)cc5C(C)C)ccc4)[c-]c3c3nc4cc5occc5cc4n3c2c1.[Pt+2]. The van der Waals surface area contributed by atoms with E-state index >= 15 is 0 Å². The molecule has 4 heterocycles. The molecule has 0 N–H and O–H groups in total. The number of furan rings is 1. The fraction of sp³-hybridized carbons (Fsp3) is 0.171. The largest absolute Gasteiger partial charge is 2.00 e. The Hall–Kier alpha value is -8.05. The molecule has 7 heteroatoms. The van der Waals surface area contributed by atoms with Gasteiger partial charge in [0.1, 0.15) is 5.58 Å². The van der Waals surface area contributed by atoms with Crippen LogP contribution >= 0.6 is 0 Å². The van der Waals surface area contributed by atoms with E-state index in [1.165, 1.54) is 61.3 Å². The third-order valence-electron chi connectivity index (χ3n) is 15.3. The molecule has 0 radical (unpaired) electrons. The van der Waals surface area contributed by atoms with E-state index in [0.29, 0.717) is 23.3 Å². The number of benzene rings is 9. The Morgan fingerprint density at radius 2 is 1.08 bits per heavy atom. The maximum atomic E-state index is 6.83. The molecular formula is C70H58N4O2Pt. The smallest absolute Gasteiger partial charge is 0.497 e. The maximum absolute atomic E-state index is 6.83. The second-order valence-corrected chi connectivity index (χ2v) is 21.6. The Kier molecular flexibility index (Phi) is 12.8. The van der Waals surface area contributed by atoms with Crippen LogP contribution < -0.4 is 4.74 Å². The third-order valence-corrected chi connectivity index (χ3v) is 15.3. The number of hydrogen-bond acceptors (Lipinski definition) is 4. The van der Waals surface area contributed by atoms with Gasteiger partial charge in [-0.15, -0.1) is 29.8 Å². The van der Waals surface area contributed by atoms with Crippen LogP contribution in [0.1, 0.15) is 101 Å². The summed E-state index contributed by atoms with van der Waals surface area (Å²) in [6.07, 6.45) is 1.75. The average molecular weight is 1180 g/mol. The molecule has 9 aromatic carbocycles. The molecule has 77 heavy (non-hydrogen) atoms. The Balaban J connectivity index is 0.00000596. The van der Waals surface area contributed by atoms with Gasteiger partial charge in [0.2, 0.25) is 0 Å². The van der Waals surface area contributed by atoms with E-state index in [0.717, 1.165) is 71.7 Å². The molecule has 0 atom stereocenters. The summed E-state index contributed by atoms with van der Waals surface area (Å²) in [7, 11) is 0. The molecule has 0 amide bonds. The van der Waals surface area contributed by atoms with Gasteiger partial charge < -0.3 is 18.1 Å². The third kappa shape index (κ3) is 8.64. The minimum Gasteiger partial charge on any atom is -0.497 e. The number of rotatable bonds is 11. The number of imidazole rings is 2. The molecule has 0 aliphatic heterocycles. The predicted octanol–water partition coefficient (Wildman–Crippen LogP) is 19.4. The van der Waals surface area contributed by atoms with E-state index < -0.39 is 0 Å². The zero-order chi connectivity index (χ0) is 51.9.